The number of aryl methyl sites for hydroxylation is 1. The van der Waals surface area contributed by atoms with Gasteiger partial charge in [0.2, 0.25) is 0 Å². The fraction of sp³-hybridized carbons (Fsp3) is 0.435. The normalized spacial score (nSPS) is 10.7. The Bertz CT molecular complexity index is 1010. The van der Waals surface area contributed by atoms with E-state index < -0.39 is 16.9 Å². The summed E-state index contributed by atoms with van der Waals surface area (Å²) in [7, 11) is 2.47. The van der Waals surface area contributed by atoms with Crippen molar-refractivity contribution in [2.75, 3.05) is 33.1 Å². The Morgan fingerprint density at radius 1 is 1.15 bits per heavy atom. The molecule has 2 rings (SSSR count). The molecule has 0 unspecified atom stereocenters. The third-order valence-corrected chi connectivity index (χ3v) is 5.92. The van der Waals surface area contributed by atoms with Crippen LogP contribution in [0.4, 0.5) is 5.69 Å². The number of rotatable bonds is 12. The van der Waals surface area contributed by atoms with Crippen LogP contribution < -0.4 is 5.32 Å². The number of hydrogen-bond acceptors (Lipinski definition) is 9. The van der Waals surface area contributed by atoms with Gasteiger partial charge in [-0.15, -0.1) is 0 Å². The molecule has 1 heterocycles. The van der Waals surface area contributed by atoms with Crippen LogP contribution in [0.25, 0.3) is 11.1 Å². The number of nitro benzene ring substituents is 1. The zero-order chi connectivity index (χ0) is 24.4. The Labute approximate surface area is 197 Å². The predicted octanol–water partition coefficient (Wildman–Crippen LogP) is 4.16. The van der Waals surface area contributed by atoms with Crippen molar-refractivity contribution in [1.82, 2.24) is 10.3 Å². The van der Waals surface area contributed by atoms with Crippen molar-refractivity contribution in [3.8, 4) is 11.1 Å². The van der Waals surface area contributed by atoms with Gasteiger partial charge in [0.15, 0.2) is 0 Å². The summed E-state index contributed by atoms with van der Waals surface area (Å²) in [4.78, 5) is 40.8. The molecule has 0 saturated heterocycles. The van der Waals surface area contributed by atoms with Gasteiger partial charge in [-0.1, -0.05) is 25.5 Å². The molecule has 0 amide bonds. The molecular weight excluding hydrogens is 446 g/mol. The first-order valence-corrected chi connectivity index (χ1v) is 11.7. The number of carbonyl (C=O) groups is 2. The van der Waals surface area contributed by atoms with Crippen molar-refractivity contribution >= 4 is 29.4 Å². The molecule has 1 aromatic heterocycles. The maximum absolute atomic E-state index is 12.9. The first-order chi connectivity index (χ1) is 15.8. The third-order valence-electron chi connectivity index (χ3n) is 4.95. The van der Waals surface area contributed by atoms with Gasteiger partial charge in [-0.25, -0.2) is 9.59 Å². The van der Waals surface area contributed by atoms with E-state index in [0.29, 0.717) is 22.7 Å². The monoisotopic (exact) mass is 475 g/mol. The molecule has 33 heavy (non-hydrogen) atoms. The number of nitrogens with zero attached hydrogens (tertiary/aromatic N) is 2. The summed E-state index contributed by atoms with van der Waals surface area (Å²) in [6, 6.07) is 5.77. The minimum atomic E-state index is -0.689. The zero-order valence-electron chi connectivity index (χ0n) is 19.3. The van der Waals surface area contributed by atoms with Crippen molar-refractivity contribution in [3.05, 3.63) is 56.9 Å². The average molecular weight is 476 g/mol. The molecule has 2 aromatic rings. The van der Waals surface area contributed by atoms with Crippen LogP contribution in [-0.4, -0.2) is 54.9 Å². The second-order valence-corrected chi connectivity index (χ2v) is 8.32. The van der Waals surface area contributed by atoms with Crippen molar-refractivity contribution < 1.29 is 24.0 Å². The molecule has 0 aliphatic heterocycles. The first-order valence-electron chi connectivity index (χ1n) is 10.6. The van der Waals surface area contributed by atoms with Gasteiger partial charge in [0.1, 0.15) is 0 Å². The molecule has 1 aromatic carbocycles. The third kappa shape index (κ3) is 6.75. The summed E-state index contributed by atoms with van der Waals surface area (Å²) in [5, 5.41) is 14.7. The summed E-state index contributed by atoms with van der Waals surface area (Å²) in [6.45, 7) is 5.55. The minimum absolute atomic E-state index is 0.0772. The Hall–Kier alpha value is -2.98. The number of thioether (sulfide) groups is 1. The molecule has 0 bridgehead atoms. The second kappa shape index (κ2) is 12.9. The molecule has 178 valence electrons. The van der Waals surface area contributed by atoms with Crippen LogP contribution in [0.2, 0.25) is 0 Å². The fourth-order valence-corrected chi connectivity index (χ4v) is 4.18. The number of hydrogen-bond donors (Lipinski definition) is 1. The Balaban J connectivity index is 2.56. The number of carbonyl (C=O) groups excluding carboxylic acids is 2. The van der Waals surface area contributed by atoms with Crippen LogP contribution in [0.1, 0.15) is 51.9 Å². The maximum Gasteiger partial charge on any atom is 0.340 e. The largest absolute Gasteiger partial charge is 0.465 e. The summed E-state index contributed by atoms with van der Waals surface area (Å²) in [5.41, 5.74) is 1.40. The minimum Gasteiger partial charge on any atom is -0.465 e. The van der Waals surface area contributed by atoms with Crippen LogP contribution in [0, 0.1) is 17.0 Å². The molecule has 0 spiro atoms. The van der Waals surface area contributed by atoms with E-state index in [1.807, 2.05) is 0 Å². The van der Waals surface area contributed by atoms with Crippen LogP contribution >= 0.6 is 11.8 Å². The lowest BCUT2D eigenvalue weighted by Crippen LogP contribution is -2.19. The fourth-order valence-electron chi connectivity index (χ4n) is 3.35. The highest BCUT2D eigenvalue weighted by Crippen LogP contribution is 2.35. The SMILES string of the molecule is CCCCNCCSCc1nc(C)c(C(=O)OC)c(-c2cccc([N+](=O)[O-])c2)c1C(=O)OC. The molecule has 0 aliphatic carbocycles. The Morgan fingerprint density at radius 3 is 2.48 bits per heavy atom. The van der Waals surface area contributed by atoms with Crippen LogP contribution in [-0.2, 0) is 15.2 Å². The molecule has 9 nitrogen and oxygen atoms in total. The zero-order valence-corrected chi connectivity index (χ0v) is 20.1. The van der Waals surface area contributed by atoms with E-state index in [-0.39, 0.29) is 22.4 Å². The molecule has 0 atom stereocenters. The van der Waals surface area contributed by atoms with Gasteiger partial charge in [-0.3, -0.25) is 15.1 Å². The van der Waals surface area contributed by atoms with E-state index in [9.17, 15) is 19.7 Å². The number of esters is 2. The number of unbranched alkanes of at least 4 members (excludes halogenated alkanes) is 1. The summed E-state index contributed by atoms with van der Waals surface area (Å²) < 4.78 is 9.94. The van der Waals surface area contributed by atoms with Gasteiger partial charge in [-0.05, 0) is 25.5 Å². The summed E-state index contributed by atoms with van der Waals surface area (Å²) in [5.74, 6) is -0.156. The molecule has 0 fully saturated rings. The van der Waals surface area contributed by atoms with Crippen LogP contribution in [0.5, 0.6) is 0 Å². The number of ether oxygens (including phenoxy) is 2. The number of aromatic nitrogens is 1. The van der Waals surface area contributed by atoms with E-state index >= 15 is 0 Å². The maximum atomic E-state index is 12.9. The van der Waals surface area contributed by atoms with Gasteiger partial charge in [0.25, 0.3) is 5.69 Å². The quantitative estimate of drug-likeness (QED) is 0.209. The molecular formula is C23H29N3O6S. The number of nitro groups is 1. The van der Waals surface area contributed by atoms with Crippen LogP contribution in [0.3, 0.4) is 0 Å². The predicted molar refractivity (Wildman–Crippen MR) is 128 cm³/mol. The van der Waals surface area contributed by atoms with Gasteiger partial charge in [-0.2, -0.15) is 11.8 Å². The van der Waals surface area contributed by atoms with Gasteiger partial charge in [0, 0.05) is 35.7 Å². The first kappa shape index (κ1) is 26.3. The average Bonchev–Trinajstić information content (AvgIpc) is 2.82. The Kier molecular flexibility index (Phi) is 10.3. The second-order valence-electron chi connectivity index (χ2n) is 7.22. The van der Waals surface area contributed by atoms with Crippen LogP contribution in [0.15, 0.2) is 24.3 Å². The topological polar surface area (TPSA) is 121 Å². The van der Waals surface area contributed by atoms with Crippen molar-refractivity contribution in [2.24, 2.45) is 0 Å². The van der Waals surface area contributed by atoms with Gasteiger partial charge in [0.05, 0.1) is 41.7 Å². The summed E-state index contributed by atoms with van der Waals surface area (Å²) >= 11 is 1.59. The lowest BCUT2D eigenvalue weighted by Gasteiger charge is -2.18. The number of pyridine rings is 1. The molecule has 1 N–H and O–H groups in total. The Morgan fingerprint density at radius 2 is 1.85 bits per heavy atom. The van der Waals surface area contributed by atoms with Crippen molar-refractivity contribution in [1.29, 1.82) is 0 Å². The van der Waals surface area contributed by atoms with Gasteiger partial charge >= 0.3 is 11.9 Å². The highest BCUT2D eigenvalue weighted by molar-refractivity contribution is 7.98. The van der Waals surface area contributed by atoms with E-state index in [4.69, 9.17) is 9.47 Å². The highest BCUT2D eigenvalue weighted by atomic mass is 32.2. The van der Waals surface area contributed by atoms with E-state index in [2.05, 4.69) is 17.2 Å². The molecule has 0 saturated carbocycles. The summed E-state index contributed by atoms with van der Waals surface area (Å²) in [6.07, 6.45) is 2.23. The van der Waals surface area contributed by atoms with E-state index in [0.717, 1.165) is 31.7 Å². The number of benzene rings is 1. The van der Waals surface area contributed by atoms with Crippen molar-refractivity contribution in [2.45, 2.75) is 32.4 Å². The van der Waals surface area contributed by atoms with E-state index in [1.54, 1.807) is 24.8 Å². The highest BCUT2D eigenvalue weighted by Gasteiger charge is 2.29. The number of non-ortho nitro benzene ring substituents is 1. The van der Waals surface area contributed by atoms with Crippen molar-refractivity contribution in [3.63, 3.8) is 0 Å². The van der Waals surface area contributed by atoms with E-state index in [1.165, 1.54) is 32.4 Å². The van der Waals surface area contributed by atoms with Gasteiger partial charge < -0.3 is 14.8 Å². The lowest BCUT2D eigenvalue weighted by molar-refractivity contribution is -0.384. The molecule has 0 radical (unpaired) electrons. The number of nitrogens with one attached hydrogen (secondary N) is 1. The molecule has 0 aliphatic rings. The standard InChI is InChI=1S/C23H29N3O6S/c1-5-6-10-24-11-12-33-14-18-21(23(28)32-4)20(19(15(2)25-18)22(27)31-3)16-8-7-9-17(13-16)26(29)30/h7-9,13,24H,5-6,10-12,14H2,1-4H3. The smallest absolute Gasteiger partial charge is 0.340 e. The number of methoxy groups -OCH3 is 2. The molecule has 10 heteroatoms. The lowest BCUT2D eigenvalue weighted by atomic mass is 9.92.